The van der Waals surface area contributed by atoms with Crippen LogP contribution in [0.25, 0.3) is 0 Å². The molecule has 0 aliphatic carbocycles. The summed E-state index contributed by atoms with van der Waals surface area (Å²) in [7, 11) is 1.62. The van der Waals surface area contributed by atoms with Gasteiger partial charge in [0.05, 0.1) is 7.11 Å². The predicted molar refractivity (Wildman–Crippen MR) is 100 cm³/mol. The smallest absolute Gasteiger partial charge is 0.242 e. The van der Waals surface area contributed by atoms with Gasteiger partial charge >= 0.3 is 0 Å². The zero-order valence-corrected chi connectivity index (χ0v) is 16.2. The van der Waals surface area contributed by atoms with Crippen molar-refractivity contribution in [1.82, 2.24) is 10.2 Å². The minimum Gasteiger partial charge on any atom is -0.497 e. The number of nitrogens with zero attached hydrogens (tertiary/aromatic N) is 1. The molecule has 0 aromatic heterocycles. The van der Waals surface area contributed by atoms with Crippen molar-refractivity contribution in [2.45, 2.75) is 59.5 Å². The standard InChI is InChI=1S/C20H32N2O3/c1-6-8-19(23)22(14-16-9-11-17(25-5)12-10-16)18(7-2)20(24)21-13-15(3)4/h9-12,15,18H,6-8,13-14H2,1-5H3,(H,21,24). The fourth-order valence-corrected chi connectivity index (χ4v) is 2.63. The maximum atomic E-state index is 12.6. The van der Waals surface area contributed by atoms with Gasteiger partial charge in [-0.25, -0.2) is 0 Å². The third-order valence-electron chi connectivity index (χ3n) is 4.05. The lowest BCUT2D eigenvalue weighted by atomic mass is 10.1. The van der Waals surface area contributed by atoms with Crippen molar-refractivity contribution < 1.29 is 14.3 Å². The van der Waals surface area contributed by atoms with Crippen LogP contribution < -0.4 is 10.1 Å². The van der Waals surface area contributed by atoms with Crippen LogP contribution in [-0.2, 0) is 16.1 Å². The molecular weight excluding hydrogens is 316 g/mol. The van der Waals surface area contributed by atoms with Crippen LogP contribution in [0.3, 0.4) is 0 Å². The first-order valence-corrected chi connectivity index (χ1v) is 9.12. The van der Waals surface area contributed by atoms with E-state index in [1.54, 1.807) is 12.0 Å². The van der Waals surface area contributed by atoms with E-state index in [1.807, 2.05) is 38.1 Å². The fourth-order valence-electron chi connectivity index (χ4n) is 2.63. The summed E-state index contributed by atoms with van der Waals surface area (Å²) in [5.74, 6) is 1.10. The van der Waals surface area contributed by atoms with Crippen molar-refractivity contribution >= 4 is 11.8 Å². The summed E-state index contributed by atoms with van der Waals surface area (Å²) < 4.78 is 5.18. The minimum absolute atomic E-state index is 0.0184. The number of nitrogens with one attached hydrogen (secondary N) is 1. The third kappa shape index (κ3) is 6.77. The Balaban J connectivity index is 2.95. The summed E-state index contributed by atoms with van der Waals surface area (Å²) in [6.07, 6.45) is 1.81. The van der Waals surface area contributed by atoms with Gasteiger partial charge in [0.25, 0.3) is 0 Å². The largest absolute Gasteiger partial charge is 0.497 e. The number of amides is 2. The number of hydrogen-bond acceptors (Lipinski definition) is 3. The van der Waals surface area contributed by atoms with Crippen LogP contribution in [-0.4, -0.2) is 36.4 Å². The summed E-state index contributed by atoms with van der Waals surface area (Å²) in [4.78, 5) is 26.9. The molecule has 25 heavy (non-hydrogen) atoms. The van der Waals surface area contributed by atoms with Gasteiger partial charge in [-0.05, 0) is 36.5 Å². The highest BCUT2D eigenvalue weighted by Crippen LogP contribution is 2.17. The number of rotatable bonds is 10. The van der Waals surface area contributed by atoms with E-state index >= 15 is 0 Å². The highest BCUT2D eigenvalue weighted by Gasteiger charge is 2.28. The van der Waals surface area contributed by atoms with E-state index in [1.165, 1.54) is 0 Å². The SMILES string of the molecule is CCCC(=O)N(Cc1ccc(OC)cc1)C(CC)C(=O)NCC(C)C. The van der Waals surface area contributed by atoms with E-state index in [2.05, 4.69) is 19.2 Å². The number of carbonyl (C=O) groups excluding carboxylic acids is 2. The van der Waals surface area contributed by atoms with Gasteiger partial charge in [-0.15, -0.1) is 0 Å². The van der Waals surface area contributed by atoms with Crippen LogP contribution in [0.5, 0.6) is 5.75 Å². The number of hydrogen-bond donors (Lipinski definition) is 1. The predicted octanol–water partition coefficient (Wildman–Crippen LogP) is 3.37. The Bertz CT molecular complexity index is 540. The molecule has 1 N–H and O–H groups in total. The highest BCUT2D eigenvalue weighted by molar-refractivity contribution is 5.87. The van der Waals surface area contributed by atoms with Crippen molar-refractivity contribution in [2.24, 2.45) is 5.92 Å². The molecule has 0 fully saturated rings. The van der Waals surface area contributed by atoms with Gasteiger partial charge in [0.2, 0.25) is 11.8 Å². The second kappa shape index (κ2) is 10.7. The van der Waals surface area contributed by atoms with Gasteiger partial charge in [0.15, 0.2) is 0 Å². The average molecular weight is 348 g/mol. The molecule has 1 aromatic rings. The first-order chi connectivity index (χ1) is 11.9. The fraction of sp³-hybridized carbons (Fsp3) is 0.600. The normalized spacial score (nSPS) is 11.9. The minimum atomic E-state index is -0.445. The third-order valence-corrected chi connectivity index (χ3v) is 4.05. The van der Waals surface area contributed by atoms with Crippen LogP contribution in [0.4, 0.5) is 0 Å². The van der Waals surface area contributed by atoms with Crippen molar-refractivity contribution in [3.8, 4) is 5.75 Å². The molecule has 5 heteroatoms. The zero-order chi connectivity index (χ0) is 18.8. The lowest BCUT2D eigenvalue weighted by Crippen LogP contribution is -2.49. The molecule has 1 rings (SSSR count). The molecular formula is C20H32N2O3. The van der Waals surface area contributed by atoms with Crippen LogP contribution in [0.1, 0.15) is 52.5 Å². The van der Waals surface area contributed by atoms with Crippen LogP contribution in [0.2, 0.25) is 0 Å². The lowest BCUT2D eigenvalue weighted by Gasteiger charge is -2.31. The number of benzene rings is 1. The molecule has 0 aliphatic rings. The molecule has 2 amide bonds. The summed E-state index contributed by atoms with van der Waals surface area (Å²) in [6.45, 7) is 9.07. The summed E-state index contributed by atoms with van der Waals surface area (Å²) in [6, 6.07) is 7.17. The van der Waals surface area contributed by atoms with Gasteiger partial charge in [0, 0.05) is 19.5 Å². The molecule has 0 heterocycles. The van der Waals surface area contributed by atoms with Gasteiger partial charge < -0.3 is 15.0 Å². The van der Waals surface area contributed by atoms with Crippen molar-refractivity contribution in [3.63, 3.8) is 0 Å². The van der Waals surface area contributed by atoms with E-state index in [0.29, 0.717) is 31.8 Å². The van der Waals surface area contributed by atoms with Crippen molar-refractivity contribution in [1.29, 1.82) is 0 Å². The summed E-state index contributed by atoms with van der Waals surface area (Å²) in [5, 5.41) is 2.96. The Kier molecular flexibility index (Phi) is 9.03. The Hall–Kier alpha value is -2.04. The Morgan fingerprint density at radius 3 is 2.28 bits per heavy atom. The Labute approximate surface area is 151 Å². The first-order valence-electron chi connectivity index (χ1n) is 9.12. The second-order valence-electron chi connectivity index (χ2n) is 6.68. The molecule has 0 saturated heterocycles. The topological polar surface area (TPSA) is 58.6 Å². The highest BCUT2D eigenvalue weighted by atomic mass is 16.5. The van der Waals surface area contributed by atoms with E-state index < -0.39 is 6.04 Å². The van der Waals surface area contributed by atoms with Crippen LogP contribution in [0.15, 0.2) is 24.3 Å². The van der Waals surface area contributed by atoms with E-state index in [0.717, 1.165) is 17.7 Å². The van der Waals surface area contributed by atoms with Gasteiger partial charge in [-0.1, -0.05) is 39.8 Å². The van der Waals surface area contributed by atoms with E-state index in [9.17, 15) is 9.59 Å². The van der Waals surface area contributed by atoms with Gasteiger partial charge in [-0.3, -0.25) is 9.59 Å². The number of carbonyl (C=O) groups is 2. The molecule has 1 aromatic carbocycles. The number of ether oxygens (including phenoxy) is 1. The molecule has 140 valence electrons. The summed E-state index contributed by atoms with van der Waals surface area (Å²) >= 11 is 0. The summed E-state index contributed by atoms with van der Waals surface area (Å²) in [5.41, 5.74) is 0.986. The quantitative estimate of drug-likeness (QED) is 0.705. The van der Waals surface area contributed by atoms with Gasteiger partial charge in [0.1, 0.15) is 11.8 Å². The maximum absolute atomic E-state index is 12.6. The van der Waals surface area contributed by atoms with E-state index in [-0.39, 0.29) is 11.8 Å². The molecule has 0 radical (unpaired) electrons. The van der Waals surface area contributed by atoms with Crippen molar-refractivity contribution in [2.75, 3.05) is 13.7 Å². The Morgan fingerprint density at radius 1 is 1.16 bits per heavy atom. The van der Waals surface area contributed by atoms with Crippen LogP contribution in [0, 0.1) is 5.92 Å². The zero-order valence-electron chi connectivity index (χ0n) is 16.2. The first kappa shape index (κ1) is 21.0. The monoisotopic (exact) mass is 348 g/mol. The molecule has 0 bridgehead atoms. The molecule has 0 spiro atoms. The average Bonchev–Trinajstić information content (AvgIpc) is 2.60. The lowest BCUT2D eigenvalue weighted by molar-refractivity contribution is -0.141. The molecule has 1 unspecified atom stereocenters. The van der Waals surface area contributed by atoms with E-state index in [4.69, 9.17) is 4.74 Å². The van der Waals surface area contributed by atoms with Gasteiger partial charge in [-0.2, -0.15) is 0 Å². The molecule has 0 saturated carbocycles. The maximum Gasteiger partial charge on any atom is 0.242 e. The van der Waals surface area contributed by atoms with Crippen LogP contribution >= 0.6 is 0 Å². The number of methoxy groups -OCH3 is 1. The molecule has 1 atom stereocenters. The molecule has 0 aliphatic heterocycles. The second-order valence-corrected chi connectivity index (χ2v) is 6.68. The van der Waals surface area contributed by atoms with Crippen molar-refractivity contribution in [3.05, 3.63) is 29.8 Å². The Morgan fingerprint density at radius 2 is 1.80 bits per heavy atom. The molecule has 5 nitrogen and oxygen atoms in total.